The first kappa shape index (κ1) is 20.1. The third kappa shape index (κ3) is 5.00. The van der Waals surface area contributed by atoms with Gasteiger partial charge in [-0.05, 0) is 31.9 Å². The molecule has 0 bridgehead atoms. The summed E-state index contributed by atoms with van der Waals surface area (Å²) >= 11 is 1.46. The summed E-state index contributed by atoms with van der Waals surface area (Å²) in [5.74, 6) is 0.801. The van der Waals surface area contributed by atoms with E-state index in [-0.39, 0.29) is 5.25 Å². The first-order chi connectivity index (χ1) is 13.6. The Hall–Kier alpha value is -2.62. The van der Waals surface area contributed by atoms with Crippen LogP contribution in [0.2, 0.25) is 0 Å². The normalized spacial score (nSPS) is 11.9. The molecule has 0 amide bonds. The van der Waals surface area contributed by atoms with Gasteiger partial charge in [-0.25, -0.2) is 0 Å². The van der Waals surface area contributed by atoms with Gasteiger partial charge in [-0.15, -0.1) is 10.2 Å². The Morgan fingerprint density at radius 3 is 2.57 bits per heavy atom. The van der Waals surface area contributed by atoms with Crippen molar-refractivity contribution in [3.05, 3.63) is 65.2 Å². The van der Waals surface area contributed by atoms with E-state index in [1.54, 1.807) is 7.11 Å². The molecule has 0 saturated heterocycles. The Balaban J connectivity index is 1.85. The number of nitriles is 1. The van der Waals surface area contributed by atoms with Gasteiger partial charge in [-0.1, -0.05) is 65.4 Å². The van der Waals surface area contributed by atoms with Crippen LogP contribution in [0, 0.1) is 25.2 Å². The molecular formula is C22H24N4OS. The number of aryl methyl sites for hydroxylation is 2. The molecule has 0 N–H and O–H groups in total. The molecule has 0 saturated carbocycles. The van der Waals surface area contributed by atoms with Crippen LogP contribution < -0.4 is 0 Å². The highest BCUT2D eigenvalue weighted by molar-refractivity contribution is 8.00. The number of nitrogens with zero attached hydrogens (tertiary/aromatic N) is 4. The SMILES string of the molecule is COCCn1c(S[C@@H](C#N)Cc2ccc(C)cc2)nnc1-c1cccc(C)c1. The highest BCUT2D eigenvalue weighted by atomic mass is 32.2. The number of rotatable bonds is 8. The number of ether oxygens (including phenoxy) is 1. The highest BCUT2D eigenvalue weighted by Crippen LogP contribution is 2.28. The van der Waals surface area contributed by atoms with Crippen molar-refractivity contribution >= 4 is 11.8 Å². The molecule has 2 aromatic carbocycles. The van der Waals surface area contributed by atoms with Crippen molar-refractivity contribution in [2.75, 3.05) is 13.7 Å². The highest BCUT2D eigenvalue weighted by Gasteiger charge is 2.19. The number of methoxy groups -OCH3 is 1. The summed E-state index contributed by atoms with van der Waals surface area (Å²) in [6, 6.07) is 18.9. The third-order valence-electron chi connectivity index (χ3n) is 4.45. The molecule has 0 fully saturated rings. The van der Waals surface area contributed by atoms with Crippen molar-refractivity contribution in [1.82, 2.24) is 14.8 Å². The molecule has 0 radical (unpaired) electrons. The molecule has 6 heteroatoms. The Kier molecular flexibility index (Phi) is 6.85. The smallest absolute Gasteiger partial charge is 0.192 e. The third-order valence-corrected chi connectivity index (χ3v) is 5.51. The maximum absolute atomic E-state index is 9.68. The molecule has 1 aromatic heterocycles. The quantitative estimate of drug-likeness (QED) is 0.531. The topological polar surface area (TPSA) is 63.7 Å². The van der Waals surface area contributed by atoms with Crippen LogP contribution in [0.25, 0.3) is 11.4 Å². The van der Waals surface area contributed by atoms with Crippen molar-refractivity contribution in [3.8, 4) is 17.5 Å². The summed E-state index contributed by atoms with van der Waals surface area (Å²) in [4.78, 5) is 0. The lowest BCUT2D eigenvalue weighted by atomic mass is 10.1. The summed E-state index contributed by atoms with van der Waals surface area (Å²) in [7, 11) is 1.68. The average molecular weight is 393 g/mol. The fourth-order valence-corrected chi connectivity index (χ4v) is 3.91. The zero-order valence-electron chi connectivity index (χ0n) is 16.4. The van der Waals surface area contributed by atoms with Crippen molar-refractivity contribution in [1.29, 1.82) is 5.26 Å². The van der Waals surface area contributed by atoms with E-state index in [9.17, 15) is 5.26 Å². The second-order valence-corrected chi connectivity index (χ2v) is 7.92. The second-order valence-electron chi connectivity index (χ2n) is 6.75. The fraction of sp³-hybridized carbons (Fsp3) is 0.318. The van der Waals surface area contributed by atoms with E-state index in [0.717, 1.165) is 22.1 Å². The molecule has 0 aliphatic rings. The van der Waals surface area contributed by atoms with E-state index < -0.39 is 0 Å². The van der Waals surface area contributed by atoms with Crippen molar-refractivity contribution in [2.45, 2.75) is 37.2 Å². The first-order valence-corrected chi connectivity index (χ1v) is 10.1. The van der Waals surface area contributed by atoms with Crippen LogP contribution in [0.1, 0.15) is 16.7 Å². The second kappa shape index (κ2) is 9.54. The summed E-state index contributed by atoms with van der Waals surface area (Å²) in [6.07, 6.45) is 0.665. The predicted octanol–water partition coefficient (Wildman–Crippen LogP) is 4.44. The molecule has 0 spiro atoms. The van der Waals surface area contributed by atoms with Crippen molar-refractivity contribution in [2.24, 2.45) is 0 Å². The van der Waals surface area contributed by atoms with Gasteiger partial charge in [-0.2, -0.15) is 5.26 Å². The van der Waals surface area contributed by atoms with Crippen LogP contribution in [-0.2, 0) is 17.7 Å². The number of aromatic nitrogens is 3. The van der Waals surface area contributed by atoms with Crippen molar-refractivity contribution < 1.29 is 4.74 Å². The van der Waals surface area contributed by atoms with E-state index in [1.165, 1.54) is 22.9 Å². The summed E-state index contributed by atoms with van der Waals surface area (Å²) in [5, 5.41) is 19.0. The van der Waals surface area contributed by atoms with Gasteiger partial charge in [0, 0.05) is 12.7 Å². The summed E-state index contributed by atoms with van der Waals surface area (Å²) in [5.41, 5.74) is 4.54. The van der Waals surface area contributed by atoms with E-state index in [0.29, 0.717) is 19.6 Å². The Bertz CT molecular complexity index is 959. The monoisotopic (exact) mass is 392 g/mol. The molecule has 1 atom stereocenters. The minimum absolute atomic E-state index is 0.237. The maximum atomic E-state index is 9.68. The van der Waals surface area contributed by atoms with Crippen LogP contribution >= 0.6 is 11.8 Å². The van der Waals surface area contributed by atoms with E-state index in [4.69, 9.17) is 4.74 Å². The van der Waals surface area contributed by atoms with Crippen LogP contribution in [0.4, 0.5) is 0 Å². The number of hydrogen-bond acceptors (Lipinski definition) is 5. The minimum Gasteiger partial charge on any atom is -0.383 e. The summed E-state index contributed by atoms with van der Waals surface area (Å²) in [6.45, 7) is 5.31. The lowest BCUT2D eigenvalue weighted by Gasteiger charge is -2.12. The zero-order chi connectivity index (χ0) is 19.9. The largest absolute Gasteiger partial charge is 0.383 e. The maximum Gasteiger partial charge on any atom is 0.192 e. The van der Waals surface area contributed by atoms with Crippen LogP contribution in [0.5, 0.6) is 0 Å². The standard InChI is InChI=1S/C22H24N4OS/c1-16-7-9-18(10-8-16)14-20(15-23)28-22-25-24-21(26(22)11-12-27-3)19-6-4-5-17(2)13-19/h4-10,13,20H,11-12,14H2,1-3H3/t20-/m1/s1. The molecule has 0 aliphatic heterocycles. The molecule has 0 unspecified atom stereocenters. The lowest BCUT2D eigenvalue weighted by Crippen LogP contribution is -2.10. The Morgan fingerprint density at radius 1 is 1.11 bits per heavy atom. The van der Waals surface area contributed by atoms with Crippen molar-refractivity contribution in [3.63, 3.8) is 0 Å². The van der Waals surface area contributed by atoms with Gasteiger partial charge in [-0.3, -0.25) is 4.57 Å². The fourth-order valence-electron chi connectivity index (χ4n) is 2.94. The van der Waals surface area contributed by atoms with Crippen LogP contribution in [-0.4, -0.2) is 33.7 Å². The van der Waals surface area contributed by atoms with Crippen LogP contribution in [0.3, 0.4) is 0 Å². The van der Waals surface area contributed by atoms with E-state index in [1.807, 2.05) is 16.7 Å². The number of hydrogen-bond donors (Lipinski definition) is 0. The van der Waals surface area contributed by atoms with Gasteiger partial charge in [0.1, 0.15) is 5.25 Å². The molecular weight excluding hydrogens is 368 g/mol. The summed E-state index contributed by atoms with van der Waals surface area (Å²) < 4.78 is 7.32. The Labute approximate surface area is 170 Å². The first-order valence-electron chi connectivity index (χ1n) is 9.21. The predicted molar refractivity (Wildman–Crippen MR) is 112 cm³/mol. The van der Waals surface area contributed by atoms with Gasteiger partial charge in [0.15, 0.2) is 11.0 Å². The molecule has 1 heterocycles. The van der Waals surface area contributed by atoms with E-state index in [2.05, 4.69) is 66.5 Å². The molecule has 3 rings (SSSR count). The van der Waals surface area contributed by atoms with Crippen LogP contribution in [0.15, 0.2) is 53.7 Å². The molecule has 28 heavy (non-hydrogen) atoms. The van der Waals surface area contributed by atoms with Gasteiger partial charge in [0.05, 0.1) is 19.2 Å². The molecule has 3 aromatic rings. The van der Waals surface area contributed by atoms with Gasteiger partial charge in [0.25, 0.3) is 0 Å². The van der Waals surface area contributed by atoms with Gasteiger partial charge in [0.2, 0.25) is 0 Å². The van der Waals surface area contributed by atoms with Gasteiger partial charge >= 0.3 is 0 Å². The minimum atomic E-state index is -0.237. The number of thioether (sulfide) groups is 1. The molecule has 5 nitrogen and oxygen atoms in total. The average Bonchev–Trinajstić information content (AvgIpc) is 3.09. The number of benzene rings is 2. The van der Waals surface area contributed by atoms with E-state index >= 15 is 0 Å². The zero-order valence-corrected chi connectivity index (χ0v) is 17.2. The Morgan fingerprint density at radius 2 is 1.89 bits per heavy atom. The molecule has 0 aliphatic carbocycles. The van der Waals surface area contributed by atoms with Gasteiger partial charge < -0.3 is 4.74 Å². The lowest BCUT2D eigenvalue weighted by molar-refractivity contribution is 0.185. The molecule has 144 valence electrons.